The number of pyridine rings is 1. The summed E-state index contributed by atoms with van der Waals surface area (Å²) in [4.78, 5) is 27.0. The summed E-state index contributed by atoms with van der Waals surface area (Å²) in [6.07, 6.45) is 3.32. The van der Waals surface area contributed by atoms with Crippen LogP contribution in [0.3, 0.4) is 0 Å². The van der Waals surface area contributed by atoms with Crippen LogP contribution in [0.1, 0.15) is 34.3 Å². The Kier molecular flexibility index (Phi) is 4.66. The fourth-order valence-corrected chi connectivity index (χ4v) is 1.94. The maximum absolute atomic E-state index is 12.1. The molecule has 1 atom stereocenters. The van der Waals surface area contributed by atoms with Gasteiger partial charge in [-0.05, 0) is 36.2 Å². The molecule has 0 bridgehead atoms. The molecule has 21 heavy (non-hydrogen) atoms. The number of aromatic carboxylic acids is 1. The molecular weight excluding hydrogens is 268 g/mol. The van der Waals surface area contributed by atoms with Gasteiger partial charge in [0.1, 0.15) is 0 Å². The van der Waals surface area contributed by atoms with E-state index in [0.717, 1.165) is 11.1 Å². The van der Waals surface area contributed by atoms with Crippen molar-refractivity contribution < 1.29 is 14.7 Å². The summed E-state index contributed by atoms with van der Waals surface area (Å²) < 4.78 is 0. The van der Waals surface area contributed by atoms with E-state index < -0.39 is 5.97 Å². The number of hydrogen-bond donors (Lipinski definition) is 2. The van der Waals surface area contributed by atoms with Crippen LogP contribution in [-0.4, -0.2) is 22.0 Å². The van der Waals surface area contributed by atoms with Crippen LogP contribution in [-0.2, 0) is 11.3 Å². The maximum atomic E-state index is 12.1. The average molecular weight is 284 g/mol. The van der Waals surface area contributed by atoms with Gasteiger partial charge in [0.05, 0.1) is 11.5 Å². The summed E-state index contributed by atoms with van der Waals surface area (Å²) >= 11 is 0. The van der Waals surface area contributed by atoms with Crippen LogP contribution >= 0.6 is 0 Å². The van der Waals surface area contributed by atoms with Crippen molar-refractivity contribution in [3.8, 4) is 0 Å². The number of carbonyl (C=O) groups excluding carboxylic acids is 1. The van der Waals surface area contributed by atoms with Gasteiger partial charge in [0, 0.05) is 18.9 Å². The highest BCUT2D eigenvalue weighted by Gasteiger charge is 2.14. The largest absolute Gasteiger partial charge is 0.478 e. The average Bonchev–Trinajstić information content (AvgIpc) is 2.53. The molecule has 1 amide bonds. The van der Waals surface area contributed by atoms with E-state index >= 15 is 0 Å². The molecule has 0 saturated heterocycles. The molecular formula is C16H16N2O3. The predicted molar refractivity (Wildman–Crippen MR) is 77.9 cm³/mol. The molecule has 0 aliphatic carbocycles. The Hall–Kier alpha value is -2.69. The first-order valence-corrected chi connectivity index (χ1v) is 6.58. The van der Waals surface area contributed by atoms with Crippen molar-refractivity contribution in [2.24, 2.45) is 0 Å². The van der Waals surface area contributed by atoms with Crippen molar-refractivity contribution >= 4 is 11.9 Å². The van der Waals surface area contributed by atoms with E-state index in [2.05, 4.69) is 10.3 Å². The third-order valence-corrected chi connectivity index (χ3v) is 3.22. The molecule has 2 aromatic rings. The molecule has 0 saturated carbocycles. The second-order valence-corrected chi connectivity index (χ2v) is 4.73. The SMILES string of the molecule is C[C@H](C(=O)NCc1cccc(C(=O)O)c1)c1cccnc1. The molecule has 108 valence electrons. The number of benzene rings is 1. The lowest BCUT2D eigenvalue weighted by molar-refractivity contribution is -0.122. The van der Waals surface area contributed by atoms with Gasteiger partial charge >= 0.3 is 5.97 Å². The van der Waals surface area contributed by atoms with Crippen LogP contribution in [0.4, 0.5) is 0 Å². The Balaban J connectivity index is 1.98. The summed E-state index contributed by atoms with van der Waals surface area (Å²) in [5.74, 6) is -1.41. The van der Waals surface area contributed by atoms with Gasteiger partial charge in [-0.2, -0.15) is 0 Å². The molecule has 0 unspecified atom stereocenters. The van der Waals surface area contributed by atoms with Gasteiger partial charge < -0.3 is 10.4 Å². The minimum Gasteiger partial charge on any atom is -0.478 e. The second-order valence-electron chi connectivity index (χ2n) is 4.73. The topological polar surface area (TPSA) is 79.3 Å². The molecule has 5 heteroatoms. The van der Waals surface area contributed by atoms with Crippen LogP contribution < -0.4 is 5.32 Å². The molecule has 1 aromatic carbocycles. The molecule has 0 aliphatic rings. The summed E-state index contributed by atoms with van der Waals surface area (Å²) in [5.41, 5.74) is 1.80. The van der Waals surface area contributed by atoms with Crippen molar-refractivity contribution in [2.75, 3.05) is 0 Å². The van der Waals surface area contributed by atoms with Crippen LogP contribution in [0.5, 0.6) is 0 Å². The second kappa shape index (κ2) is 6.65. The van der Waals surface area contributed by atoms with E-state index in [1.54, 1.807) is 43.6 Å². The van der Waals surface area contributed by atoms with E-state index in [1.165, 1.54) is 6.07 Å². The van der Waals surface area contributed by atoms with Crippen LogP contribution in [0.25, 0.3) is 0 Å². The molecule has 1 aromatic heterocycles. The Morgan fingerprint density at radius 2 is 2.10 bits per heavy atom. The van der Waals surface area contributed by atoms with Gasteiger partial charge in [0.25, 0.3) is 0 Å². The Bertz CT molecular complexity index is 641. The summed E-state index contributed by atoms with van der Waals surface area (Å²) in [6, 6.07) is 10.2. The fourth-order valence-electron chi connectivity index (χ4n) is 1.94. The van der Waals surface area contributed by atoms with Gasteiger partial charge in [-0.15, -0.1) is 0 Å². The monoisotopic (exact) mass is 284 g/mol. The van der Waals surface area contributed by atoms with Gasteiger partial charge in [-0.25, -0.2) is 4.79 Å². The minimum atomic E-state index is -0.980. The number of aromatic nitrogens is 1. The number of rotatable bonds is 5. The number of amides is 1. The molecule has 0 aliphatic heterocycles. The van der Waals surface area contributed by atoms with Crippen molar-refractivity contribution in [1.82, 2.24) is 10.3 Å². The quantitative estimate of drug-likeness (QED) is 0.882. The minimum absolute atomic E-state index is 0.122. The highest BCUT2D eigenvalue weighted by atomic mass is 16.4. The van der Waals surface area contributed by atoms with E-state index in [9.17, 15) is 9.59 Å². The Morgan fingerprint density at radius 3 is 2.76 bits per heavy atom. The number of carboxylic acid groups (broad SMARTS) is 1. The third-order valence-electron chi connectivity index (χ3n) is 3.22. The van der Waals surface area contributed by atoms with Gasteiger partial charge in [0.2, 0.25) is 5.91 Å². The summed E-state index contributed by atoms with van der Waals surface area (Å²) in [5, 5.41) is 11.7. The van der Waals surface area contributed by atoms with Crippen molar-refractivity contribution in [3.63, 3.8) is 0 Å². The highest BCUT2D eigenvalue weighted by Crippen LogP contribution is 2.13. The van der Waals surface area contributed by atoms with Crippen molar-refractivity contribution in [3.05, 3.63) is 65.5 Å². The summed E-state index contributed by atoms with van der Waals surface area (Å²) in [7, 11) is 0. The molecule has 2 rings (SSSR count). The lowest BCUT2D eigenvalue weighted by Crippen LogP contribution is -2.27. The standard InChI is InChI=1S/C16H16N2O3/c1-11(14-6-3-7-17-10-14)15(19)18-9-12-4-2-5-13(8-12)16(20)21/h2-8,10-11H,9H2,1H3,(H,18,19)(H,20,21)/t11-/m0/s1. The zero-order valence-electron chi connectivity index (χ0n) is 11.6. The van der Waals surface area contributed by atoms with Gasteiger partial charge in [0.15, 0.2) is 0 Å². The zero-order chi connectivity index (χ0) is 15.2. The maximum Gasteiger partial charge on any atom is 0.335 e. The fraction of sp³-hybridized carbons (Fsp3) is 0.188. The first kappa shape index (κ1) is 14.7. The Morgan fingerprint density at radius 1 is 1.29 bits per heavy atom. The van der Waals surface area contributed by atoms with Crippen molar-refractivity contribution in [2.45, 2.75) is 19.4 Å². The van der Waals surface area contributed by atoms with Crippen LogP contribution in [0.2, 0.25) is 0 Å². The molecule has 1 heterocycles. The number of nitrogens with one attached hydrogen (secondary N) is 1. The van der Waals surface area contributed by atoms with Gasteiger partial charge in [-0.3, -0.25) is 9.78 Å². The highest BCUT2D eigenvalue weighted by molar-refractivity contribution is 5.87. The molecule has 2 N–H and O–H groups in total. The lowest BCUT2D eigenvalue weighted by Gasteiger charge is -2.12. The number of hydrogen-bond acceptors (Lipinski definition) is 3. The van der Waals surface area contributed by atoms with Crippen LogP contribution in [0, 0.1) is 0 Å². The number of carbonyl (C=O) groups is 2. The first-order chi connectivity index (χ1) is 10.1. The molecule has 0 spiro atoms. The van der Waals surface area contributed by atoms with E-state index in [0.29, 0.717) is 6.54 Å². The normalized spacial score (nSPS) is 11.7. The smallest absolute Gasteiger partial charge is 0.335 e. The zero-order valence-corrected chi connectivity index (χ0v) is 11.6. The summed E-state index contributed by atoms with van der Waals surface area (Å²) in [6.45, 7) is 2.10. The number of nitrogens with zero attached hydrogens (tertiary/aromatic N) is 1. The number of carboxylic acids is 1. The van der Waals surface area contributed by atoms with Crippen molar-refractivity contribution in [1.29, 1.82) is 0 Å². The third kappa shape index (κ3) is 3.89. The van der Waals surface area contributed by atoms with E-state index in [4.69, 9.17) is 5.11 Å². The molecule has 5 nitrogen and oxygen atoms in total. The van der Waals surface area contributed by atoms with Crippen LogP contribution in [0.15, 0.2) is 48.8 Å². The molecule has 0 fully saturated rings. The first-order valence-electron chi connectivity index (χ1n) is 6.58. The predicted octanol–water partition coefficient (Wildman–Crippen LogP) is 2.20. The van der Waals surface area contributed by atoms with E-state index in [-0.39, 0.29) is 17.4 Å². The van der Waals surface area contributed by atoms with E-state index in [1.807, 2.05) is 6.07 Å². The Labute approximate surface area is 122 Å². The molecule has 0 radical (unpaired) electrons. The van der Waals surface area contributed by atoms with Gasteiger partial charge in [-0.1, -0.05) is 18.2 Å². The lowest BCUT2D eigenvalue weighted by atomic mass is 10.0.